The van der Waals surface area contributed by atoms with Crippen molar-refractivity contribution < 1.29 is 14.1 Å². The lowest BCUT2D eigenvalue weighted by atomic mass is 10.1. The molecule has 8 nitrogen and oxygen atoms in total. The fourth-order valence-corrected chi connectivity index (χ4v) is 5.10. The molecule has 2 amide bonds. The molecule has 1 atom stereocenters. The molecule has 0 unspecified atom stereocenters. The minimum absolute atomic E-state index is 0.0587. The van der Waals surface area contributed by atoms with E-state index in [0.717, 1.165) is 27.4 Å². The summed E-state index contributed by atoms with van der Waals surface area (Å²) >= 11 is 1.28. The zero-order chi connectivity index (χ0) is 23.8. The molecule has 172 valence electrons. The Morgan fingerprint density at radius 2 is 1.82 bits per heavy atom. The van der Waals surface area contributed by atoms with Crippen molar-refractivity contribution in [2.75, 3.05) is 16.8 Å². The number of hydrogen-bond donors (Lipinski definition) is 1. The summed E-state index contributed by atoms with van der Waals surface area (Å²) in [5.41, 5.74) is 4.76. The van der Waals surface area contributed by atoms with Gasteiger partial charge in [0.15, 0.2) is 0 Å². The number of nitrogens with zero attached hydrogens (tertiary/aromatic N) is 4. The third-order valence-electron chi connectivity index (χ3n) is 5.79. The van der Waals surface area contributed by atoms with Gasteiger partial charge in [0.25, 0.3) is 5.91 Å². The molecule has 5 rings (SSSR count). The lowest BCUT2D eigenvalue weighted by Crippen LogP contribution is -2.24. The molecular formula is C25H23N5O3S. The van der Waals surface area contributed by atoms with Crippen molar-refractivity contribution in [2.45, 2.75) is 33.1 Å². The summed E-state index contributed by atoms with van der Waals surface area (Å²) < 4.78 is 5.29. The highest BCUT2D eigenvalue weighted by Crippen LogP contribution is 2.35. The van der Waals surface area contributed by atoms with Crippen LogP contribution in [-0.2, 0) is 4.79 Å². The smallest absolute Gasteiger partial charge is 0.263 e. The number of carbonyl (C=O) groups is 2. The van der Waals surface area contributed by atoms with Gasteiger partial charge in [-0.05, 0) is 44.0 Å². The standard InChI is InChI=1S/C25H23N5O3S/c1-14-9-15(2)11-19(10-14)30-13-18(12-20(30)31)24-27-28-25(34-24)26-23(32)21-16(3)33-29-22(21)17-7-5-4-6-8-17/h4-11,18H,12-13H2,1-3H3,(H,26,28,32)/t18-/m0/s1. The van der Waals surface area contributed by atoms with Crippen LogP contribution in [0.25, 0.3) is 11.3 Å². The van der Waals surface area contributed by atoms with Crippen molar-refractivity contribution in [3.05, 3.63) is 76.0 Å². The SMILES string of the molecule is Cc1cc(C)cc(N2C[C@@H](c3nnc(NC(=O)c4c(-c5ccccc5)noc4C)s3)CC2=O)c1. The summed E-state index contributed by atoms with van der Waals surface area (Å²) in [6, 6.07) is 15.5. The van der Waals surface area contributed by atoms with E-state index in [1.54, 1.807) is 11.8 Å². The molecule has 0 saturated carbocycles. The van der Waals surface area contributed by atoms with Gasteiger partial charge in [-0.2, -0.15) is 0 Å². The van der Waals surface area contributed by atoms with Crippen LogP contribution in [0.2, 0.25) is 0 Å². The van der Waals surface area contributed by atoms with E-state index >= 15 is 0 Å². The molecule has 2 aromatic carbocycles. The zero-order valence-electron chi connectivity index (χ0n) is 19.0. The summed E-state index contributed by atoms with van der Waals surface area (Å²) in [4.78, 5) is 27.6. The number of aromatic nitrogens is 3. The van der Waals surface area contributed by atoms with Crippen molar-refractivity contribution >= 4 is 34.0 Å². The monoisotopic (exact) mass is 473 g/mol. The van der Waals surface area contributed by atoms with E-state index in [0.29, 0.717) is 35.1 Å². The summed E-state index contributed by atoms with van der Waals surface area (Å²) in [7, 11) is 0. The molecular weight excluding hydrogens is 450 g/mol. The number of nitrogens with one attached hydrogen (secondary N) is 1. The minimum atomic E-state index is -0.361. The molecule has 2 aromatic heterocycles. The third-order valence-corrected chi connectivity index (χ3v) is 6.79. The third kappa shape index (κ3) is 4.22. The Morgan fingerprint density at radius 3 is 2.56 bits per heavy atom. The van der Waals surface area contributed by atoms with E-state index in [4.69, 9.17) is 4.52 Å². The molecule has 1 aliphatic heterocycles. The topological polar surface area (TPSA) is 101 Å². The Kier molecular flexibility index (Phi) is 5.70. The average molecular weight is 474 g/mol. The van der Waals surface area contributed by atoms with Crippen LogP contribution >= 0.6 is 11.3 Å². The van der Waals surface area contributed by atoms with Gasteiger partial charge in [0.1, 0.15) is 22.0 Å². The van der Waals surface area contributed by atoms with Crippen molar-refractivity contribution in [3.8, 4) is 11.3 Å². The molecule has 0 bridgehead atoms. The first-order chi connectivity index (χ1) is 16.4. The molecule has 0 radical (unpaired) electrons. The van der Waals surface area contributed by atoms with Gasteiger partial charge in [-0.25, -0.2) is 0 Å². The van der Waals surface area contributed by atoms with Gasteiger partial charge in [0.05, 0.1) is 0 Å². The summed E-state index contributed by atoms with van der Waals surface area (Å²) in [5.74, 6) is 0.0447. The maximum Gasteiger partial charge on any atom is 0.263 e. The number of rotatable bonds is 5. The van der Waals surface area contributed by atoms with Gasteiger partial charge in [0.2, 0.25) is 11.0 Å². The van der Waals surface area contributed by atoms with Crippen molar-refractivity contribution in [2.24, 2.45) is 0 Å². The van der Waals surface area contributed by atoms with E-state index in [1.165, 1.54) is 11.3 Å². The van der Waals surface area contributed by atoms with Gasteiger partial charge < -0.3 is 9.42 Å². The van der Waals surface area contributed by atoms with Gasteiger partial charge in [-0.3, -0.25) is 14.9 Å². The molecule has 3 heterocycles. The number of benzene rings is 2. The maximum absolute atomic E-state index is 13.0. The summed E-state index contributed by atoms with van der Waals surface area (Å²) in [5, 5.41) is 16.4. The quantitative estimate of drug-likeness (QED) is 0.443. The zero-order valence-corrected chi connectivity index (χ0v) is 19.8. The molecule has 0 aliphatic carbocycles. The Labute approximate surface area is 200 Å². The highest BCUT2D eigenvalue weighted by molar-refractivity contribution is 7.15. The minimum Gasteiger partial charge on any atom is -0.360 e. The normalized spacial score (nSPS) is 15.7. The second-order valence-electron chi connectivity index (χ2n) is 8.48. The van der Waals surface area contributed by atoms with Gasteiger partial charge in [0, 0.05) is 30.1 Å². The van der Waals surface area contributed by atoms with Crippen LogP contribution in [0.4, 0.5) is 10.8 Å². The first-order valence-electron chi connectivity index (χ1n) is 10.9. The number of anilines is 2. The largest absolute Gasteiger partial charge is 0.360 e. The van der Waals surface area contributed by atoms with Crippen LogP contribution < -0.4 is 10.2 Å². The first-order valence-corrected chi connectivity index (χ1v) is 11.8. The molecule has 4 aromatic rings. The molecule has 1 saturated heterocycles. The second-order valence-corrected chi connectivity index (χ2v) is 9.49. The predicted molar refractivity (Wildman–Crippen MR) is 130 cm³/mol. The Bertz CT molecular complexity index is 1360. The number of carbonyl (C=O) groups excluding carboxylic acids is 2. The van der Waals surface area contributed by atoms with E-state index < -0.39 is 0 Å². The average Bonchev–Trinajstić information content (AvgIpc) is 3.52. The molecule has 1 aliphatic rings. The lowest BCUT2D eigenvalue weighted by Gasteiger charge is -2.17. The van der Waals surface area contributed by atoms with Gasteiger partial charge in [-0.15, -0.1) is 10.2 Å². The molecule has 1 N–H and O–H groups in total. The fraction of sp³-hybridized carbons (Fsp3) is 0.240. The lowest BCUT2D eigenvalue weighted by molar-refractivity contribution is -0.117. The number of hydrogen-bond acceptors (Lipinski definition) is 7. The van der Waals surface area contributed by atoms with Crippen molar-refractivity contribution in [3.63, 3.8) is 0 Å². The van der Waals surface area contributed by atoms with Gasteiger partial charge in [-0.1, -0.05) is 52.9 Å². The van der Waals surface area contributed by atoms with E-state index in [2.05, 4.69) is 26.7 Å². The first kappa shape index (κ1) is 22.0. The number of amides is 2. The van der Waals surface area contributed by atoms with Crippen molar-refractivity contribution in [1.82, 2.24) is 15.4 Å². The highest BCUT2D eigenvalue weighted by atomic mass is 32.1. The molecule has 34 heavy (non-hydrogen) atoms. The fourth-order valence-electron chi connectivity index (χ4n) is 4.27. The van der Waals surface area contributed by atoms with Crippen LogP contribution in [-0.4, -0.2) is 33.7 Å². The van der Waals surface area contributed by atoms with E-state index in [9.17, 15) is 9.59 Å². The molecule has 1 fully saturated rings. The van der Waals surface area contributed by atoms with E-state index in [1.807, 2.05) is 56.3 Å². The van der Waals surface area contributed by atoms with Crippen LogP contribution in [0, 0.1) is 20.8 Å². The van der Waals surface area contributed by atoms with Crippen LogP contribution in [0.1, 0.15) is 44.6 Å². The van der Waals surface area contributed by atoms with E-state index in [-0.39, 0.29) is 17.7 Å². The predicted octanol–water partition coefficient (Wildman–Crippen LogP) is 4.89. The van der Waals surface area contributed by atoms with Crippen LogP contribution in [0.15, 0.2) is 53.1 Å². The maximum atomic E-state index is 13.0. The Balaban J connectivity index is 1.32. The van der Waals surface area contributed by atoms with Crippen molar-refractivity contribution in [1.29, 1.82) is 0 Å². The molecule has 0 spiro atoms. The number of aryl methyl sites for hydroxylation is 3. The van der Waals surface area contributed by atoms with Crippen LogP contribution in [0.5, 0.6) is 0 Å². The summed E-state index contributed by atoms with van der Waals surface area (Å²) in [6.07, 6.45) is 0.360. The second kappa shape index (κ2) is 8.83. The van der Waals surface area contributed by atoms with Gasteiger partial charge >= 0.3 is 0 Å². The molecule has 9 heteroatoms. The Morgan fingerprint density at radius 1 is 1.09 bits per heavy atom. The van der Waals surface area contributed by atoms with Crippen LogP contribution in [0.3, 0.4) is 0 Å². The summed E-state index contributed by atoms with van der Waals surface area (Å²) in [6.45, 7) is 6.28. The highest BCUT2D eigenvalue weighted by Gasteiger charge is 2.34. The Hall–Kier alpha value is -3.85.